The first-order valence-corrected chi connectivity index (χ1v) is 26.4. The lowest BCUT2D eigenvalue weighted by atomic mass is 9.92. The minimum absolute atomic E-state index is 1.07. The molecule has 0 saturated heterocycles. The number of benzene rings is 13. The van der Waals surface area contributed by atoms with Crippen molar-refractivity contribution in [3.8, 4) is 17.1 Å². The largest absolute Gasteiger partial charge is 0.309 e. The molecule has 1 aliphatic heterocycles. The van der Waals surface area contributed by atoms with Crippen LogP contribution in [0, 0.1) is 0 Å². The molecule has 6 nitrogen and oxygen atoms in total. The summed E-state index contributed by atoms with van der Waals surface area (Å²) in [5.41, 5.74) is 16.8. The molecule has 77 heavy (non-hydrogen) atoms. The van der Waals surface area contributed by atoms with E-state index in [1.54, 1.807) is 0 Å². The Hall–Kier alpha value is -10.4. The number of hydrogen-bond acceptors (Lipinski definition) is 3. The van der Waals surface area contributed by atoms with Gasteiger partial charge in [0.05, 0.1) is 55.8 Å². The Morgan fingerprint density at radius 1 is 0.221 bits per heavy atom. The van der Waals surface area contributed by atoms with Crippen LogP contribution in [0.3, 0.4) is 0 Å². The average molecular weight is 981 g/mol. The Morgan fingerprint density at radius 3 is 1.36 bits per heavy atom. The molecule has 358 valence electrons. The van der Waals surface area contributed by atoms with Crippen LogP contribution in [-0.4, -0.2) is 18.7 Å². The van der Waals surface area contributed by atoms with E-state index in [1.165, 1.54) is 70.2 Å². The van der Waals surface area contributed by atoms with Crippen molar-refractivity contribution in [3.63, 3.8) is 0 Å². The summed E-state index contributed by atoms with van der Waals surface area (Å²) in [4.78, 5) is 9.28. The molecule has 0 spiro atoms. The molecule has 0 saturated carbocycles. The van der Waals surface area contributed by atoms with Crippen molar-refractivity contribution >= 4 is 132 Å². The van der Waals surface area contributed by atoms with Crippen LogP contribution in [0.2, 0.25) is 0 Å². The number of fused-ring (bicyclic) bond motifs is 11. The number of aromatic nitrogens is 4. The Kier molecular flexibility index (Phi) is 8.74. The van der Waals surface area contributed by atoms with E-state index in [-0.39, 0.29) is 0 Å². The van der Waals surface area contributed by atoms with E-state index in [2.05, 4.69) is 283 Å². The lowest BCUT2D eigenvalue weighted by Crippen LogP contribution is -2.23. The van der Waals surface area contributed by atoms with Crippen LogP contribution >= 0.6 is 0 Å². The van der Waals surface area contributed by atoms with Gasteiger partial charge in [0.25, 0.3) is 0 Å². The van der Waals surface area contributed by atoms with E-state index in [0.29, 0.717) is 0 Å². The van der Waals surface area contributed by atoms with Gasteiger partial charge in [-0.3, -0.25) is 4.98 Å². The van der Waals surface area contributed by atoms with Crippen molar-refractivity contribution in [1.29, 1.82) is 0 Å². The molecule has 1 aliphatic rings. The van der Waals surface area contributed by atoms with Crippen LogP contribution < -0.4 is 9.80 Å². The number of pyridine rings is 1. The Balaban J connectivity index is 0.898. The smallest absolute Gasteiger partial charge is 0.0724 e. The third-order valence-electron chi connectivity index (χ3n) is 16.3. The Bertz CT molecular complexity index is 5050. The molecule has 0 N–H and O–H groups in total. The summed E-state index contributed by atoms with van der Waals surface area (Å²) in [7, 11) is 0. The van der Waals surface area contributed by atoms with Crippen molar-refractivity contribution in [1.82, 2.24) is 18.7 Å². The molecule has 13 aromatic carbocycles. The predicted molar refractivity (Wildman–Crippen MR) is 323 cm³/mol. The highest BCUT2D eigenvalue weighted by atomic mass is 15.3. The summed E-state index contributed by atoms with van der Waals surface area (Å²) in [6.45, 7) is 0. The van der Waals surface area contributed by atoms with Gasteiger partial charge in [0.15, 0.2) is 0 Å². The van der Waals surface area contributed by atoms with Crippen LogP contribution in [0.15, 0.2) is 267 Å². The highest BCUT2D eigenvalue weighted by Crippen LogP contribution is 2.54. The molecular formula is C71H44N6. The molecule has 0 atom stereocenters. The zero-order chi connectivity index (χ0) is 50.3. The van der Waals surface area contributed by atoms with E-state index in [4.69, 9.17) is 0 Å². The van der Waals surface area contributed by atoms with E-state index >= 15 is 0 Å². The van der Waals surface area contributed by atoms with Gasteiger partial charge in [0.1, 0.15) is 0 Å². The first-order chi connectivity index (χ1) is 38.2. The van der Waals surface area contributed by atoms with Crippen molar-refractivity contribution in [2.24, 2.45) is 0 Å². The minimum Gasteiger partial charge on any atom is -0.309 e. The van der Waals surface area contributed by atoms with Crippen LogP contribution in [0.4, 0.5) is 34.1 Å². The summed E-state index contributed by atoms with van der Waals surface area (Å²) in [6.07, 6.45) is 3.81. The second kappa shape index (κ2) is 16.0. The van der Waals surface area contributed by atoms with E-state index in [0.717, 1.165) is 78.8 Å². The predicted octanol–water partition coefficient (Wildman–Crippen LogP) is 19.1. The van der Waals surface area contributed by atoms with Crippen molar-refractivity contribution in [2.45, 2.75) is 0 Å². The SMILES string of the molecule is c1ccc(N2c3ccccc3N(c3ccc4c(ccc5cc(-n6c7ccccc7n(-c7ccccc7)c7cc8c9c%10ccc%11cccc%12ccc(cc9n(-c9ccncc9)c8cc76)c%10c%12%11)ccc54)c3)c3ccccc32)cc1. The third-order valence-corrected chi connectivity index (χ3v) is 16.3. The molecule has 6 heteroatoms. The molecule has 0 bridgehead atoms. The van der Waals surface area contributed by atoms with Crippen LogP contribution in [0.1, 0.15) is 0 Å². The van der Waals surface area contributed by atoms with Gasteiger partial charge in [0, 0.05) is 51.6 Å². The summed E-state index contributed by atoms with van der Waals surface area (Å²) in [5.74, 6) is 0. The molecule has 0 aliphatic carbocycles. The normalized spacial score (nSPS) is 12.6. The van der Waals surface area contributed by atoms with Gasteiger partial charge < -0.3 is 23.5 Å². The quantitative estimate of drug-likeness (QED) is 0.127. The fourth-order valence-electron chi connectivity index (χ4n) is 13.1. The zero-order valence-electron chi connectivity index (χ0n) is 41.6. The Labute approximate surface area is 442 Å². The number of hydrogen-bond donors (Lipinski definition) is 0. The molecule has 4 heterocycles. The van der Waals surface area contributed by atoms with Crippen LogP contribution in [0.25, 0.3) is 115 Å². The number of rotatable bonds is 5. The van der Waals surface area contributed by atoms with Gasteiger partial charge in [-0.15, -0.1) is 0 Å². The zero-order valence-corrected chi connectivity index (χ0v) is 41.6. The van der Waals surface area contributed by atoms with Crippen molar-refractivity contribution < 1.29 is 0 Å². The lowest BCUT2D eigenvalue weighted by Gasteiger charge is -2.40. The molecule has 0 amide bonds. The second-order valence-electron chi connectivity index (χ2n) is 20.4. The molecule has 17 rings (SSSR count). The molecule has 16 aromatic rings. The number of anilines is 6. The maximum Gasteiger partial charge on any atom is 0.0724 e. The molecule has 3 aromatic heterocycles. The minimum atomic E-state index is 1.07. The monoisotopic (exact) mass is 980 g/mol. The van der Waals surface area contributed by atoms with E-state index < -0.39 is 0 Å². The van der Waals surface area contributed by atoms with Gasteiger partial charge in [0.2, 0.25) is 0 Å². The highest BCUT2D eigenvalue weighted by Gasteiger charge is 2.30. The summed E-state index contributed by atoms with van der Waals surface area (Å²) in [5, 5.41) is 14.9. The standard InChI is InChI=1S/C71H44N6/c1-3-16-50(17-4-1)73-59-20-7-10-23-62(59)76(63-24-11-8-21-60(63)73)53-31-34-55-47(40-53)27-28-48-41-54(32-35-56(48)55)77-64-25-12-9-22-61(64)74(51-18-5-2-6-19-51)66-43-58-65(44-67(66)77)75(52-36-38-72-39-37-52)68-42-49-29-26-45-14-13-15-46-30-33-57(71(58)68)70(49)69(45)46/h1-44H. The first-order valence-electron chi connectivity index (χ1n) is 26.4. The Morgan fingerprint density at radius 2 is 0.701 bits per heavy atom. The lowest BCUT2D eigenvalue weighted by molar-refractivity contribution is 1.09. The molecule has 0 radical (unpaired) electrons. The summed E-state index contributed by atoms with van der Waals surface area (Å²) < 4.78 is 7.39. The second-order valence-corrected chi connectivity index (χ2v) is 20.4. The molecule has 0 unspecified atom stereocenters. The van der Waals surface area contributed by atoms with E-state index in [9.17, 15) is 0 Å². The van der Waals surface area contributed by atoms with Gasteiger partial charge in [-0.25, -0.2) is 0 Å². The highest BCUT2D eigenvalue weighted by molar-refractivity contribution is 6.33. The van der Waals surface area contributed by atoms with Gasteiger partial charge in [-0.1, -0.05) is 140 Å². The van der Waals surface area contributed by atoms with Gasteiger partial charge in [-0.05, 0) is 169 Å². The van der Waals surface area contributed by atoms with Gasteiger partial charge in [-0.2, -0.15) is 0 Å². The van der Waals surface area contributed by atoms with Crippen molar-refractivity contribution in [2.75, 3.05) is 9.80 Å². The molecule has 0 fully saturated rings. The fraction of sp³-hybridized carbons (Fsp3) is 0. The van der Waals surface area contributed by atoms with Gasteiger partial charge >= 0.3 is 0 Å². The summed E-state index contributed by atoms with van der Waals surface area (Å²) in [6, 6.07) is 93.9. The van der Waals surface area contributed by atoms with Crippen LogP contribution in [-0.2, 0) is 0 Å². The number of para-hydroxylation sites is 8. The summed E-state index contributed by atoms with van der Waals surface area (Å²) >= 11 is 0. The van der Waals surface area contributed by atoms with Crippen molar-refractivity contribution in [3.05, 3.63) is 267 Å². The number of nitrogens with zero attached hydrogens (tertiary/aromatic N) is 6. The van der Waals surface area contributed by atoms with Crippen LogP contribution in [0.5, 0.6) is 0 Å². The first kappa shape index (κ1) is 42.0. The third kappa shape index (κ3) is 6.03. The average Bonchev–Trinajstić information content (AvgIpc) is 4.03. The maximum absolute atomic E-state index is 4.49. The maximum atomic E-state index is 4.49. The fourth-order valence-corrected chi connectivity index (χ4v) is 13.1. The topological polar surface area (TPSA) is 34.2 Å². The van der Waals surface area contributed by atoms with E-state index in [1.807, 2.05) is 12.4 Å². The molecular weight excluding hydrogens is 937 g/mol.